The summed E-state index contributed by atoms with van der Waals surface area (Å²) < 4.78 is 6.52. The minimum Gasteiger partial charge on any atom is -0.449 e. The number of nitrogens with zero attached hydrogens (tertiary/aromatic N) is 3. The van der Waals surface area contributed by atoms with Gasteiger partial charge < -0.3 is 4.42 Å². The highest BCUT2D eigenvalue weighted by Gasteiger charge is 2.27. The lowest BCUT2D eigenvalue weighted by molar-refractivity contribution is 0.578. The van der Waals surface area contributed by atoms with Crippen molar-refractivity contribution in [3.63, 3.8) is 0 Å². The van der Waals surface area contributed by atoms with Crippen molar-refractivity contribution in [2.75, 3.05) is 0 Å². The van der Waals surface area contributed by atoms with E-state index in [0.29, 0.717) is 10.5 Å². The second kappa shape index (κ2) is 5.38. The predicted octanol–water partition coefficient (Wildman–Crippen LogP) is 3.89. The molecule has 0 aliphatic rings. The molecule has 0 spiro atoms. The van der Waals surface area contributed by atoms with Gasteiger partial charge >= 0.3 is 0 Å². The quantitative estimate of drug-likeness (QED) is 0.605. The molecule has 0 aliphatic carbocycles. The molecule has 0 bridgehead atoms. The van der Waals surface area contributed by atoms with Crippen LogP contribution in [0.4, 0.5) is 0 Å². The molecule has 2 aromatic carbocycles. The number of benzene rings is 2. The van der Waals surface area contributed by atoms with Crippen molar-refractivity contribution >= 4 is 26.9 Å². The molecule has 6 heteroatoms. The van der Waals surface area contributed by atoms with Gasteiger partial charge in [-0.1, -0.05) is 53.7 Å². The van der Waals surface area contributed by atoms with Crippen LogP contribution in [0.15, 0.2) is 63.7 Å². The first-order valence-corrected chi connectivity index (χ1v) is 7.59. The summed E-state index contributed by atoms with van der Waals surface area (Å²) in [5.74, 6) is 0.455. The molecule has 0 amide bonds. The summed E-state index contributed by atoms with van der Waals surface area (Å²) in [6, 6.07) is 18.0. The Morgan fingerprint density at radius 2 is 1.77 bits per heavy atom. The first-order valence-electron chi connectivity index (χ1n) is 6.80. The number of aromatic amines is 1. The summed E-state index contributed by atoms with van der Waals surface area (Å²) >= 11 is 3.54. The zero-order valence-corrected chi connectivity index (χ0v) is 13.0. The molecule has 2 heterocycles. The maximum atomic E-state index is 5.83. The Labute approximate surface area is 134 Å². The third-order valence-corrected chi connectivity index (χ3v) is 4.22. The van der Waals surface area contributed by atoms with Gasteiger partial charge in [-0.05, 0) is 27.6 Å². The van der Waals surface area contributed by atoms with Crippen LogP contribution in [0.2, 0.25) is 0 Å². The Hall–Kier alpha value is -2.47. The van der Waals surface area contributed by atoms with Gasteiger partial charge in [0.05, 0.1) is 5.92 Å². The van der Waals surface area contributed by atoms with Crippen LogP contribution < -0.4 is 0 Å². The molecule has 0 saturated carbocycles. The van der Waals surface area contributed by atoms with E-state index in [9.17, 15) is 0 Å². The van der Waals surface area contributed by atoms with Crippen molar-refractivity contribution in [2.24, 2.45) is 0 Å². The van der Waals surface area contributed by atoms with Gasteiger partial charge in [0.2, 0.25) is 0 Å². The summed E-state index contributed by atoms with van der Waals surface area (Å²) in [6.45, 7) is 0. The predicted molar refractivity (Wildman–Crippen MR) is 85.5 cm³/mol. The minimum absolute atomic E-state index is 0.155. The average Bonchev–Trinajstić information content (AvgIpc) is 3.18. The van der Waals surface area contributed by atoms with E-state index in [1.807, 2.05) is 42.5 Å². The summed E-state index contributed by atoms with van der Waals surface area (Å²) in [5.41, 5.74) is 2.91. The lowest BCUT2D eigenvalue weighted by atomic mass is 9.90. The number of fused-ring (bicyclic) bond motifs is 1. The smallest absolute Gasteiger partial charge is 0.186 e. The lowest BCUT2D eigenvalue weighted by Gasteiger charge is -2.13. The van der Waals surface area contributed by atoms with Crippen molar-refractivity contribution in [1.82, 2.24) is 20.6 Å². The number of hydrogen-bond acceptors (Lipinski definition) is 4. The first-order chi connectivity index (χ1) is 10.8. The zero-order chi connectivity index (χ0) is 14.9. The zero-order valence-electron chi connectivity index (χ0n) is 11.4. The van der Waals surface area contributed by atoms with Crippen LogP contribution in [-0.4, -0.2) is 20.6 Å². The summed E-state index contributed by atoms with van der Waals surface area (Å²) in [7, 11) is 0. The van der Waals surface area contributed by atoms with Crippen LogP contribution in [0, 0.1) is 0 Å². The number of rotatable bonds is 3. The highest BCUT2D eigenvalue weighted by Crippen LogP contribution is 2.40. The number of aromatic nitrogens is 4. The van der Waals surface area contributed by atoms with Gasteiger partial charge in [0.1, 0.15) is 5.58 Å². The molecule has 5 nitrogen and oxygen atoms in total. The van der Waals surface area contributed by atoms with E-state index < -0.39 is 0 Å². The monoisotopic (exact) mass is 354 g/mol. The van der Waals surface area contributed by atoms with E-state index in [0.717, 1.165) is 22.1 Å². The van der Waals surface area contributed by atoms with Crippen LogP contribution >= 0.6 is 15.9 Å². The van der Waals surface area contributed by atoms with Crippen LogP contribution in [0.25, 0.3) is 11.0 Å². The number of halogens is 1. The molecular formula is C16H11BrN4O. The number of para-hydroxylation sites is 1. The topological polar surface area (TPSA) is 67.6 Å². The molecule has 2 aromatic heterocycles. The van der Waals surface area contributed by atoms with Crippen LogP contribution in [0.5, 0.6) is 0 Å². The molecule has 0 saturated heterocycles. The van der Waals surface area contributed by atoms with E-state index in [1.165, 1.54) is 0 Å². The van der Waals surface area contributed by atoms with Gasteiger partial charge in [-0.3, -0.25) is 0 Å². The lowest BCUT2D eigenvalue weighted by Crippen LogP contribution is -2.05. The minimum atomic E-state index is -0.155. The van der Waals surface area contributed by atoms with Crippen LogP contribution in [0.1, 0.15) is 22.9 Å². The van der Waals surface area contributed by atoms with Crippen LogP contribution in [0.3, 0.4) is 0 Å². The van der Waals surface area contributed by atoms with Gasteiger partial charge in [0.25, 0.3) is 0 Å². The second-order valence-corrected chi connectivity index (χ2v) is 5.62. The number of furan rings is 1. The van der Waals surface area contributed by atoms with Gasteiger partial charge in [0, 0.05) is 10.9 Å². The second-order valence-electron chi connectivity index (χ2n) is 4.90. The molecule has 1 unspecified atom stereocenters. The highest BCUT2D eigenvalue weighted by molar-refractivity contribution is 9.10. The largest absolute Gasteiger partial charge is 0.449 e. The number of tetrazole rings is 1. The fourth-order valence-electron chi connectivity index (χ4n) is 2.69. The van der Waals surface area contributed by atoms with Crippen molar-refractivity contribution in [3.05, 3.63) is 76.2 Å². The SMILES string of the molecule is Brc1oc2ccccc2c1C(c1ccccc1)c1nn[nH]n1. The molecule has 0 aliphatic heterocycles. The first kappa shape index (κ1) is 13.2. The van der Waals surface area contributed by atoms with E-state index in [-0.39, 0.29) is 5.92 Å². The Morgan fingerprint density at radius 3 is 2.55 bits per heavy atom. The van der Waals surface area contributed by atoms with Crippen molar-refractivity contribution < 1.29 is 4.42 Å². The Morgan fingerprint density at radius 1 is 1.00 bits per heavy atom. The standard InChI is InChI=1S/C16H11BrN4O/c17-15-14(11-8-4-5-9-12(11)22-15)13(16-18-20-21-19-16)10-6-2-1-3-7-10/h1-9,13H,(H,18,19,20,21). The van der Waals surface area contributed by atoms with E-state index in [4.69, 9.17) is 4.42 Å². The molecule has 1 atom stereocenters. The maximum Gasteiger partial charge on any atom is 0.186 e. The molecule has 0 radical (unpaired) electrons. The third kappa shape index (κ3) is 2.12. The Balaban J connectivity index is 2.00. The van der Waals surface area contributed by atoms with Gasteiger partial charge in [0.15, 0.2) is 10.5 Å². The van der Waals surface area contributed by atoms with E-state index in [2.05, 4.69) is 48.7 Å². The molecule has 108 valence electrons. The fraction of sp³-hybridized carbons (Fsp3) is 0.0625. The van der Waals surface area contributed by atoms with Gasteiger partial charge in [-0.2, -0.15) is 5.21 Å². The summed E-state index contributed by atoms with van der Waals surface area (Å²) in [5, 5.41) is 15.6. The van der Waals surface area contributed by atoms with Crippen molar-refractivity contribution in [1.29, 1.82) is 0 Å². The third-order valence-electron chi connectivity index (χ3n) is 3.63. The molecule has 0 fully saturated rings. The van der Waals surface area contributed by atoms with Crippen molar-refractivity contribution in [2.45, 2.75) is 5.92 Å². The molecule has 22 heavy (non-hydrogen) atoms. The van der Waals surface area contributed by atoms with Gasteiger partial charge in [-0.25, -0.2) is 0 Å². The Bertz CT molecular complexity index is 902. The summed E-state index contributed by atoms with van der Waals surface area (Å²) in [6.07, 6.45) is 0. The number of nitrogens with one attached hydrogen (secondary N) is 1. The van der Waals surface area contributed by atoms with Gasteiger partial charge in [-0.15, -0.1) is 10.2 Å². The highest BCUT2D eigenvalue weighted by atomic mass is 79.9. The molecule has 4 rings (SSSR count). The van der Waals surface area contributed by atoms with Crippen molar-refractivity contribution in [3.8, 4) is 0 Å². The normalized spacial score (nSPS) is 12.6. The Kier molecular flexibility index (Phi) is 3.23. The summed E-state index contributed by atoms with van der Waals surface area (Å²) in [4.78, 5) is 0. The van der Waals surface area contributed by atoms with Crippen LogP contribution in [-0.2, 0) is 0 Å². The fourth-order valence-corrected chi connectivity index (χ4v) is 3.30. The number of H-pyrrole nitrogens is 1. The molecule has 4 aromatic rings. The molecule has 1 N–H and O–H groups in total. The number of hydrogen-bond donors (Lipinski definition) is 1. The maximum absolute atomic E-state index is 5.83. The van der Waals surface area contributed by atoms with E-state index >= 15 is 0 Å². The van der Waals surface area contributed by atoms with E-state index in [1.54, 1.807) is 0 Å². The molecular weight excluding hydrogens is 344 g/mol. The average molecular weight is 355 g/mol.